The van der Waals surface area contributed by atoms with Crippen LogP contribution < -0.4 is 5.32 Å². The number of hydrogen-bond acceptors (Lipinski definition) is 5. The minimum absolute atomic E-state index is 0.315. The lowest BCUT2D eigenvalue weighted by Crippen LogP contribution is -2.14. The van der Waals surface area contributed by atoms with Crippen molar-refractivity contribution in [3.63, 3.8) is 0 Å². The number of methoxy groups -OCH3 is 1. The summed E-state index contributed by atoms with van der Waals surface area (Å²) in [5, 5.41) is 10.8. The van der Waals surface area contributed by atoms with Crippen molar-refractivity contribution in [2.75, 3.05) is 12.4 Å². The van der Waals surface area contributed by atoms with Gasteiger partial charge >= 0.3 is 5.97 Å². The van der Waals surface area contributed by atoms with E-state index in [1.165, 1.54) is 24.6 Å². The fourth-order valence-electron chi connectivity index (χ4n) is 1.43. The molecule has 7 heteroatoms. The summed E-state index contributed by atoms with van der Waals surface area (Å²) in [6.07, 6.45) is 1.44. The number of rotatable bonds is 3. The molecule has 6 nitrogen and oxygen atoms in total. The van der Waals surface area contributed by atoms with Crippen molar-refractivity contribution in [3.8, 4) is 0 Å². The average molecular weight is 265 g/mol. The largest absolute Gasteiger partial charge is 0.465 e. The Bertz CT molecular complexity index is 588. The minimum Gasteiger partial charge on any atom is -0.465 e. The summed E-state index contributed by atoms with van der Waals surface area (Å²) in [6, 6.07) is 1.66. The van der Waals surface area contributed by atoms with Crippen molar-refractivity contribution in [2.24, 2.45) is 0 Å². The highest BCUT2D eigenvalue weighted by atomic mass is 32.1. The van der Waals surface area contributed by atoms with Crippen LogP contribution in [0.4, 0.5) is 5.69 Å². The number of aromatic nitrogens is 2. The summed E-state index contributed by atoms with van der Waals surface area (Å²) < 4.78 is 4.63. The van der Waals surface area contributed by atoms with E-state index in [0.717, 1.165) is 0 Å². The van der Waals surface area contributed by atoms with Crippen LogP contribution in [0.5, 0.6) is 0 Å². The van der Waals surface area contributed by atoms with Crippen molar-refractivity contribution in [2.45, 2.75) is 6.92 Å². The molecular formula is C11H11N3O3S. The van der Waals surface area contributed by atoms with Gasteiger partial charge in [-0.25, -0.2) is 4.79 Å². The number of amides is 1. The van der Waals surface area contributed by atoms with Gasteiger partial charge in [-0.15, -0.1) is 11.3 Å². The zero-order valence-corrected chi connectivity index (χ0v) is 10.6. The summed E-state index contributed by atoms with van der Waals surface area (Å²) >= 11 is 1.21. The van der Waals surface area contributed by atoms with E-state index in [1.807, 2.05) is 0 Å². The monoisotopic (exact) mass is 265 g/mol. The van der Waals surface area contributed by atoms with Gasteiger partial charge in [0, 0.05) is 5.69 Å². The zero-order chi connectivity index (χ0) is 13.1. The maximum atomic E-state index is 11.9. The third-order valence-corrected chi connectivity index (χ3v) is 3.25. The number of H-pyrrole nitrogens is 1. The number of ether oxygens (including phenoxy) is 1. The quantitative estimate of drug-likeness (QED) is 0.829. The molecule has 1 amide bonds. The van der Waals surface area contributed by atoms with E-state index in [9.17, 15) is 9.59 Å². The predicted molar refractivity (Wildman–Crippen MR) is 66.9 cm³/mol. The number of aryl methyl sites for hydroxylation is 1. The topological polar surface area (TPSA) is 84.1 Å². The molecule has 94 valence electrons. The molecule has 2 aromatic heterocycles. The molecule has 0 aliphatic carbocycles. The Labute approximate surface area is 107 Å². The van der Waals surface area contributed by atoms with E-state index in [-0.39, 0.29) is 5.91 Å². The molecule has 0 radical (unpaired) electrons. The molecule has 0 saturated carbocycles. The second kappa shape index (κ2) is 5.01. The summed E-state index contributed by atoms with van der Waals surface area (Å²) in [5.74, 6) is -0.783. The van der Waals surface area contributed by atoms with Crippen LogP contribution in [-0.2, 0) is 4.74 Å². The van der Waals surface area contributed by atoms with Crippen molar-refractivity contribution < 1.29 is 14.3 Å². The van der Waals surface area contributed by atoms with Gasteiger partial charge < -0.3 is 10.1 Å². The van der Waals surface area contributed by atoms with Crippen molar-refractivity contribution in [3.05, 3.63) is 33.8 Å². The highest BCUT2D eigenvalue weighted by molar-refractivity contribution is 7.12. The van der Waals surface area contributed by atoms with E-state index >= 15 is 0 Å². The molecule has 18 heavy (non-hydrogen) atoms. The third kappa shape index (κ3) is 2.25. The number of hydrogen-bond donors (Lipinski definition) is 2. The number of carbonyl (C=O) groups excluding carboxylic acids is 2. The number of thiophene rings is 1. The molecule has 0 saturated heterocycles. The fourth-order valence-corrected chi connectivity index (χ4v) is 2.19. The minimum atomic E-state index is -0.468. The van der Waals surface area contributed by atoms with Crippen LogP contribution in [-0.4, -0.2) is 29.2 Å². The summed E-state index contributed by atoms with van der Waals surface area (Å²) in [4.78, 5) is 23.8. The molecule has 0 aliphatic heterocycles. The maximum Gasteiger partial charge on any atom is 0.350 e. The Kier molecular flexibility index (Phi) is 3.42. The van der Waals surface area contributed by atoms with Gasteiger partial charge in [0.05, 0.1) is 24.6 Å². The van der Waals surface area contributed by atoms with Crippen LogP contribution in [0.3, 0.4) is 0 Å². The molecule has 0 spiro atoms. The van der Waals surface area contributed by atoms with Crippen molar-refractivity contribution in [1.82, 2.24) is 10.2 Å². The first-order chi connectivity index (χ1) is 8.63. The second-order valence-corrected chi connectivity index (χ2v) is 4.43. The van der Waals surface area contributed by atoms with Gasteiger partial charge in [0.1, 0.15) is 4.88 Å². The summed E-state index contributed by atoms with van der Waals surface area (Å²) in [5.41, 5.74) is 1.55. The lowest BCUT2D eigenvalue weighted by Gasteiger charge is -2.04. The first kappa shape index (κ1) is 12.3. The Balaban J connectivity index is 2.20. The Morgan fingerprint density at radius 3 is 2.89 bits per heavy atom. The summed E-state index contributed by atoms with van der Waals surface area (Å²) in [6.45, 7) is 1.75. The molecule has 2 rings (SSSR count). The lowest BCUT2D eigenvalue weighted by atomic mass is 10.2. The highest BCUT2D eigenvalue weighted by Crippen LogP contribution is 2.23. The molecular weight excluding hydrogens is 254 g/mol. The van der Waals surface area contributed by atoms with E-state index in [1.54, 1.807) is 18.4 Å². The van der Waals surface area contributed by atoms with Crippen LogP contribution >= 0.6 is 11.3 Å². The Morgan fingerprint density at radius 2 is 2.28 bits per heavy atom. The number of aromatic amines is 1. The van der Waals surface area contributed by atoms with Gasteiger partial charge in [-0.1, -0.05) is 0 Å². The lowest BCUT2D eigenvalue weighted by molar-refractivity contribution is 0.0607. The third-order valence-electron chi connectivity index (χ3n) is 2.36. The number of carbonyl (C=O) groups is 2. The van der Waals surface area contributed by atoms with Crippen LogP contribution in [0.2, 0.25) is 0 Å². The fraction of sp³-hybridized carbons (Fsp3) is 0.182. The number of nitrogens with one attached hydrogen (secondary N) is 2. The first-order valence-corrected chi connectivity index (χ1v) is 5.98. The van der Waals surface area contributed by atoms with E-state index in [2.05, 4.69) is 20.3 Å². The van der Waals surface area contributed by atoms with Gasteiger partial charge in [-0.3, -0.25) is 9.89 Å². The number of nitrogens with zero attached hydrogens (tertiary/aromatic N) is 1. The van der Waals surface area contributed by atoms with Gasteiger partial charge in [-0.05, 0) is 18.4 Å². The molecule has 2 N–H and O–H groups in total. The van der Waals surface area contributed by atoms with Crippen LogP contribution in [0.15, 0.2) is 17.6 Å². The molecule has 0 bridgehead atoms. The van der Waals surface area contributed by atoms with Gasteiger partial charge in [0.25, 0.3) is 5.91 Å². The normalized spacial score (nSPS) is 10.1. The Hall–Kier alpha value is -2.15. The number of anilines is 1. The summed E-state index contributed by atoms with van der Waals surface area (Å²) in [7, 11) is 1.30. The second-order valence-electron chi connectivity index (χ2n) is 3.52. The molecule has 0 unspecified atom stereocenters. The van der Waals surface area contributed by atoms with Gasteiger partial charge in [-0.2, -0.15) is 5.10 Å². The highest BCUT2D eigenvalue weighted by Gasteiger charge is 2.17. The molecule has 2 aromatic rings. The molecule has 2 heterocycles. The van der Waals surface area contributed by atoms with Crippen molar-refractivity contribution in [1.29, 1.82) is 0 Å². The smallest absolute Gasteiger partial charge is 0.350 e. The molecule has 0 atom stereocenters. The SMILES string of the molecule is COC(=O)c1sccc1NC(=O)c1cn[nH]c1C. The van der Waals surface area contributed by atoms with E-state index < -0.39 is 5.97 Å². The predicted octanol–water partition coefficient (Wildman–Crippen LogP) is 1.82. The molecule has 0 fully saturated rings. The standard InChI is InChI=1S/C11H11N3O3S/c1-6-7(5-12-14-6)10(15)13-8-3-4-18-9(8)11(16)17-2/h3-5H,1-2H3,(H,12,14)(H,13,15). The van der Waals surface area contributed by atoms with E-state index in [4.69, 9.17) is 0 Å². The average Bonchev–Trinajstić information content (AvgIpc) is 2.97. The van der Waals surface area contributed by atoms with Crippen LogP contribution in [0, 0.1) is 6.92 Å². The molecule has 0 aliphatic rings. The maximum absolute atomic E-state index is 11.9. The van der Waals surface area contributed by atoms with Crippen molar-refractivity contribution >= 4 is 28.9 Å². The van der Waals surface area contributed by atoms with Gasteiger partial charge in [0.2, 0.25) is 0 Å². The van der Waals surface area contributed by atoms with Gasteiger partial charge in [0.15, 0.2) is 0 Å². The number of esters is 1. The van der Waals surface area contributed by atoms with Crippen LogP contribution in [0.25, 0.3) is 0 Å². The first-order valence-electron chi connectivity index (χ1n) is 5.10. The Morgan fingerprint density at radius 1 is 1.50 bits per heavy atom. The zero-order valence-electron chi connectivity index (χ0n) is 9.81. The van der Waals surface area contributed by atoms with Crippen LogP contribution in [0.1, 0.15) is 25.7 Å². The van der Waals surface area contributed by atoms with E-state index in [0.29, 0.717) is 21.8 Å². The molecule has 0 aromatic carbocycles.